The Morgan fingerprint density at radius 3 is 2.50 bits per heavy atom. The zero-order valence-corrected chi connectivity index (χ0v) is 15.2. The van der Waals surface area contributed by atoms with Crippen LogP contribution >= 0.6 is 11.6 Å². The molecule has 6 nitrogen and oxygen atoms in total. The van der Waals surface area contributed by atoms with Crippen LogP contribution in [0.3, 0.4) is 0 Å². The third kappa shape index (κ3) is 4.52. The topological polar surface area (TPSA) is 71.5 Å². The molecule has 1 aliphatic rings. The van der Waals surface area contributed by atoms with Crippen molar-refractivity contribution in [3.05, 3.63) is 53.3 Å². The highest BCUT2D eigenvalue weighted by atomic mass is 35.5. The number of benzene rings is 1. The molecule has 1 N–H and O–H groups in total. The van der Waals surface area contributed by atoms with Gasteiger partial charge in [-0.1, -0.05) is 11.6 Å². The van der Waals surface area contributed by atoms with E-state index in [1.54, 1.807) is 42.7 Å². The summed E-state index contributed by atoms with van der Waals surface area (Å²) >= 11 is 6.07. The van der Waals surface area contributed by atoms with Gasteiger partial charge in [0.25, 0.3) is 5.91 Å². The van der Waals surface area contributed by atoms with Gasteiger partial charge in [0.05, 0.1) is 0 Å². The first-order chi connectivity index (χ1) is 12.5. The maximum atomic E-state index is 12.6. The van der Waals surface area contributed by atoms with Crippen molar-refractivity contribution >= 4 is 29.1 Å². The Bertz CT molecular complexity index is 787. The van der Waals surface area contributed by atoms with Crippen LogP contribution in [0, 0.1) is 0 Å². The monoisotopic (exact) mass is 373 g/mol. The zero-order chi connectivity index (χ0) is 18.5. The number of hydrogen-bond acceptors (Lipinski definition) is 4. The predicted octanol–water partition coefficient (Wildman–Crippen LogP) is 3.38. The van der Waals surface area contributed by atoms with Gasteiger partial charge in [-0.05, 0) is 24.3 Å². The number of carbonyl (C=O) groups excluding carboxylic acids is 2. The molecule has 1 aromatic carbocycles. The fourth-order valence-corrected chi connectivity index (χ4v) is 3.06. The number of ether oxygens (including phenoxy) is 1. The van der Waals surface area contributed by atoms with Gasteiger partial charge in [-0.25, -0.2) is 0 Å². The fraction of sp³-hybridized carbons (Fsp3) is 0.316. The Labute approximate surface area is 157 Å². The van der Waals surface area contributed by atoms with Crippen molar-refractivity contribution in [2.75, 3.05) is 18.4 Å². The fourth-order valence-electron chi connectivity index (χ4n) is 2.90. The van der Waals surface area contributed by atoms with E-state index in [0.29, 0.717) is 35.1 Å². The molecule has 1 aromatic heterocycles. The van der Waals surface area contributed by atoms with Crippen molar-refractivity contribution in [1.82, 2.24) is 9.88 Å². The maximum Gasteiger partial charge on any atom is 0.253 e. The van der Waals surface area contributed by atoms with Crippen LogP contribution in [0.15, 0.2) is 42.7 Å². The number of pyridine rings is 1. The Hall–Kier alpha value is -2.60. The van der Waals surface area contributed by atoms with Gasteiger partial charge in [-0.2, -0.15) is 0 Å². The lowest BCUT2D eigenvalue weighted by Crippen LogP contribution is -2.41. The number of carbonyl (C=O) groups is 2. The third-order valence-electron chi connectivity index (χ3n) is 4.21. The summed E-state index contributed by atoms with van der Waals surface area (Å²) < 4.78 is 5.92. The lowest BCUT2D eigenvalue weighted by atomic mass is 10.1. The molecule has 0 atom stereocenters. The van der Waals surface area contributed by atoms with Gasteiger partial charge in [0, 0.05) is 62.6 Å². The van der Waals surface area contributed by atoms with E-state index in [-0.39, 0.29) is 17.9 Å². The Morgan fingerprint density at radius 1 is 1.19 bits per heavy atom. The molecule has 0 spiro atoms. The minimum Gasteiger partial charge on any atom is -0.489 e. The SMILES string of the molecule is CC(=O)Nc1ccc(C(=O)N2CCC(Oc3ccncc3Cl)CC2)cc1. The van der Waals surface area contributed by atoms with Gasteiger partial charge in [0.2, 0.25) is 5.91 Å². The van der Waals surface area contributed by atoms with Crippen molar-refractivity contribution in [1.29, 1.82) is 0 Å². The second-order valence-electron chi connectivity index (χ2n) is 6.17. The van der Waals surface area contributed by atoms with Gasteiger partial charge < -0.3 is 15.0 Å². The minimum absolute atomic E-state index is 0.0141. The molecule has 1 fully saturated rings. The van der Waals surface area contributed by atoms with E-state index >= 15 is 0 Å². The second kappa shape index (κ2) is 8.19. The molecule has 0 aliphatic carbocycles. The van der Waals surface area contributed by atoms with Crippen molar-refractivity contribution in [3.63, 3.8) is 0 Å². The predicted molar refractivity (Wildman–Crippen MR) is 99.5 cm³/mol. The molecule has 2 amide bonds. The van der Waals surface area contributed by atoms with Crippen molar-refractivity contribution in [2.24, 2.45) is 0 Å². The number of amides is 2. The molecule has 0 radical (unpaired) electrons. The van der Waals surface area contributed by atoms with E-state index in [4.69, 9.17) is 16.3 Å². The Kier molecular flexibility index (Phi) is 5.73. The molecule has 136 valence electrons. The second-order valence-corrected chi connectivity index (χ2v) is 6.58. The normalized spacial score (nSPS) is 14.8. The highest BCUT2D eigenvalue weighted by Gasteiger charge is 2.25. The number of halogens is 1. The van der Waals surface area contributed by atoms with Crippen LogP contribution in [-0.2, 0) is 4.79 Å². The maximum absolute atomic E-state index is 12.6. The summed E-state index contributed by atoms with van der Waals surface area (Å²) in [6, 6.07) is 8.67. The van der Waals surface area contributed by atoms with Crippen LogP contribution in [0.2, 0.25) is 5.02 Å². The minimum atomic E-state index is -0.138. The number of piperidine rings is 1. The molecule has 0 unspecified atom stereocenters. The number of likely N-dealkylation sites (tertiary alicyclic amines) is 1. The van der Waals surface area contributed by atoms with Crippen LogP contribution in [0.4, 0.5) is 5.69 Å². The zero-order valence-electron chi connectivity index (χ0n) is 14.4. The Balaban J connectivity index is 1.55. The van der Waals surface area contributed by atoms with Crippen LogP contribution in [-0.4, -0.2) is 40.9 Å². The van der Waals surface area contributed by atoms with E-state index in [1.165, 1.54) is 6.92 Å². The summed E-state index contributed by atoms with van der Waals surface area (Å²) in [7, 11) is 0. The standard InChI is InChI=1S/C19H20ClN3O3/c1-13(24)22-15-4-2-14(3-5-15)19(25)23-10-7-16(8-11-23)26-18-6-9-21-12-17(18)20/h2-6,9,12,16H,7-8,10-11H2,1H3,(H,22,24). The van der Waals surface area contributed by atoms with Gasteiger partial charge in [-0.15, -0.1) is 0 Å². The van der Waals surface area contributed by atoms with E-state index in [9.17, 15) is 9.59 Å². The molecule has 1 saturated heterocycles. The van der Waals surface area contributed by atoms with Crippen LogP contribution in [0.1, 0.15) is 30.1 Å². The molecule has 3 rings (SSSR count). The molecule has 2 aromatic rings. The molecule has 0 bridgehead atoms. The molecule has 2 heterocycles. The summed E-state index contributed by atoms with van der Waals surface area (Å²) in [6.07, 6.45) is 4.72. The van der Waals surface area contributed by atoms with Gasteiger partial charge in [-0.3, -0.25) is 14.6 Å². The highest BCUT2D eigenvalue weighted by Crippen LogP contribution is 2.26. The summed E-state index contributed by atoms with van der Waals surface area (Å²) in [4.78, 5) is 29.4. The van der Waals surface area contributed by atoms with Crippen LogP contribution < -0.4 is 10.1 Å². The molecule has 1 aliphatic heterocycles. The van der Waals surface area contributed by atoms with E-state index in [0.717, 1.165) is 12.8 Å². The number of anilines is 1. The van der Waals surface area contributed by atoms with Gasteiger partial charge in [0.15, 0.2) is 0 Å². The van der Waals surface area contributed by atoms with Crippen LogP contribution in [0.25, 0.3) is 0 Å². The van der Waals surface area contributed by atoms with Crippen molar-refractivity contribution in [3.8, 4) is 5.75 Å². The number of aromatic nitrogens is 1. The largest absolute Gasteiger partial charge is 0.489 e. The average molecular weight is 374 g/mol. The average Bonchev–Trinajstić information content (AvgIpc) is 2.64. The van der Waals surface area contributed by atoms with Crippen molar-refractivity contribution < 1.29 is 14.3 Å². The van der Waals surface area contributed by atoms with Crippen LogP contribution in [0.5, 0.6) is 5.75 Å². The lowest BCUT2D eigenvalue weighted by molar-refractivity contribution is -0.114. The molecule has 7 heteroatoms. The first-order valence-electron chi connectivity index (χ1n) is 8.46. The van der Waals surface area contributed by atoms with E-state index < -0.39 is 0 Å². The number of hydrogen-bond donors (Lipinski definition) is 1. The summed E-state index contributed by atoms with van der Waals surface area (Å²) in [5.74, 6) is 0.472. The summed E-state index contributed by atoms with van der Waals surface area (Å²) in [5, 5.41) is 3.18. The Morgan fingerprint density at radius 2 is 1.88 bits per heavy atom. The number of rotatable bonds is 4. The quantitative estimate of drug-likeness (QED) is 0.891. The summed E-state index contributed by atoms with van der Waals surface area (Å²) in [6.45, 7) is 2.70. The molecular formula is C19H20ClN3O3. The van der Waals surface area contributed by atoms with Gasteiger partial charge >= 0.3 is 0 Å². The summed E-state index contributed by atoms with van der Waals surface area (Å²) in [5.41, 5.74) is 1.28. The smallest absolute Gasteiger partial charge is 0.253 e. The van der Waals surface area contributed by atoms with E-state index in [1.807, 2.05) is 4.90 Å². The number of nitrogens with one attached hydrogen (secondary N) is 1. The molecule has 0 saturated carbocycles. The first kappa shape index (κ1) is 18.2. The molecule has 26 heavy (non-hydrogen) atoms. The highest BCUT2D eigenvalue weighted by molar-refractivity contribution is 6.31. The van der Waals surface area contributed by atoms with Crippen molar-refractivity contribution in [2.45, 2.75) is 25.9 Å². The lowest BCUT2D eigenvalue weighted by Gasteiger charge is -2.32. The van der Waals surface area contributed by atoms with E-state index in [2.05, 4.69) is 10.3 Å². The van der Waals surface area contributed by atoms with Gasteiger partial charge in [0.1, 0.15) is 16.9 Å². The first-order valence-corrected chi connectivity index (χ1v) is 8.84. The third-order valence-corrected chi connectivity index (χ3v) is 4.49. The number of nitrogens with zero attached hydrogens (tertiary/aromatic N) is 2. The molecular weight excluding hydrogens is 354 g/mol.